The lowest BCUT2D eigenvalue weighted by Crippen LogP contribution is -2.38. The molecule has 0 amide bonds. The molecule has 1 saturated carbocycles. The van der Waals surface area contributed by atoms with Gasteiger partial charge >= 0.3 is 0 Å². The third kappa shape index (κ3) is 6.39. The molecule has 124 valence electrons. The topological polar surface area (TPSA) is 57.7 Å². The largest absolute Gasteiger partial charge is 0.383 e. The van der Waals surface area contributed by atoms with E-state index in [1.807, 2.05) is 7.05 Å². The van der Waals surface area contributed by atoms with Crippen molar-refractivity contribution in [2.24, 2.45) is 10.9 Å². The molecule has 6 heteroatoms. The molecule has 0 spiro atoms. The first-order valence-electron chi connectivity index (χ1n) is 7.52. The fraction of sp³-hybridized carbons (Fsp3) is 0.562. The standard InChI is InChI=1S/C16H26N4O.HI/c1-12-10-15(12)20-16(17-2)19-11-13-4-6-14(7-5-13)18-8-9-21-3;/h4-7,12,15,18H,8-11H2,1-3H3,(H2,17,19,20);1H. The molecule has 22 heavy (non-hydrogen) atoms. The molecule has 1 aromatic rings. The van der Waals surface area contributed by atoms with Gasteiger partial charge in [-0.05, 0) is 30.0 Å². The minimum Gasteiger partial charge on any atom is -0.383 e. The van der Waals surface area contributed by atoms with E-state index in [1.54, 1.807) is 7.11 Å². The van der Waals surface area contributed by atoms with Gasteiger partial charge in [-0.1, -0.05) is 19.1 Å². The third-order valence-corrected chi connectivity index (χ3v) is 3.70. The van der Waals surface area contributed by atoms with E-state index >= 15 is 0 Å². The third-order valence-electron chi connectivity index (χ3n) is 3.70. The summed E-state index contributed by atoms with van der Waals surface area (Å²) in [5, 5.41) is 10.1. The van der Waals surface area contributed by atoms with Crippen molar-refractivity contribution in [3.8, 4) is 0 Å². The van der Waals surface area contributed by atoms with E-state index in [1.165, 1.54) is 12.0 Å². The van der Waals surface area contributed by atoms with Crippen LogP contribution in [0.4, 0.5) is 5.69 Å². The Bertz CT molecular complexity index is 464. The highest BCUT2D eigenvalue weighted by Crippen LogP contribution is 2.28. The maximum atomic E-state index is 5.02. The summed E-state index contributed by atoms with van der Waals surface area (Å²) in [6, 6.07) is 9.01. The van der Waals surface area contributed by atoms with Crippen LogP contribution < -0.4 is 16.0 Å². The Labute approximate surface area is 150 Å². The molecule has 2 atom stereocenters. The van der Waals surface area contributed by atoms with Crippen LogP contribution >= 0.6 is 24.0 Å². The van der Waals surface area contributed by atoms with Crippen molar-refractivity contribution in [2.45, 2.75) is 25.9 Å². The summed E-state index contributed by atoms with van der Waals surface area (Å²) in [7, 11) is 3.52. The second-order valence-electron chi connectivity index (χ2n) is 5.51. The number of rotatable bonds is 7. The smallest absolute Gasteiger partial charge is 0.191 e. The molecule has 0 aliphatic heterocycles. The molecule has 1 aliphatic rings. The van der Waals surface area contributed by atoms with Gasteiger partial charge in [0.05, 0.1) is 6.61 Å². The first-order chi connectivity index (χ1) is 10.2. The quantitative estimate of drug-likeness (QED) is 0.276. The minimum absolute atomic E-state index is 0. The Morgan fingerprint density at radius 1 is 1.32 bits per heavy atom. The van der Waals surface area contributed by atoms with E-state index in [0.29, 0.717) is 12.6 Å². The van der Waals surface area contributed by atoms with Gasteiger partial charge in [0.15, 0.2) is 5.96 Å². The fourth-order valence-corrected chi connectivity index (χ4v) is 2.12. The van der Waals surface area contributed by atoms with Gasteiger partial charge in [-0.15, -0.1) is 24.0 Å². The maximum absolute atomic E-state index is 5.02. The van der Waals surface area contributed by atoms with Gasteiger partial charge in [0.1, 0.15) is 0 Å². The SMILES string of the molecule is CN=C(NCc1ccc(NCCOC)cc1)NC1CC1C.I. The maximum Gasteiger partial charge on any atom is 0.191 e. The summed E-state index contributed by atoms with van der Waals surface area (Å²) in [6.45, 7) is 4.56. The first-order valence-corrected chi connectivity index (χ1v) is 7.52. The number of anilines is 1. The molecule has 0 aromatic heterocycles. The summed E-state index contributed by atoms with van der Waals surface area (Å²) >= 11 is 0. The fourth-order valence-electron chi connectivity index (χ4n) is 2.12. The zero-order valence-corrected chi connectivity index (χ0v) is 15.9. The van der Waals surface area contributed by atoms with E-state index in [4.69, 9.17) is 4.74 Å². The Hall–Kier alpha value is -1.02. The van der Waals surface area contributed by atoms with Crippen LogP contribution in [0.25, 0.3) is 0 Å². The average molecular weight is 418 g/mol. The molecule has 1 aromatic carbocycles. The number of nitrogens with one attached hydrogen (secondary N) is 3. The summed E-state index contributed by atoms with van der Waals surface area (Å²) in [5.74, 6) is 1.65. The second-order valence-corrected chi connectivity index (χ2v) is 5.51. The predicted octanol–water partition coefficient (Wildman–Crippen LogP) is 2.44. The summed E-state index contributed by atoms with van der Waals surface area (Å²) in [4.78, 5) is 4.25. The average Bonchev–Trinajstić information content (AvgIpc) is 3.20. The molecular formula is C16H27IN4O. The van der Waals surface area contributed by atoms with E-state index in [2.05, 4.69) is 52.1 Å². The van der Waals surface area contributed by atoms with Crippen molar-refractivity contribution in [3.63, 3.8) is 0 Å². The van der Waals surface area contributed by atoms with Gasteiger partial charge in [-0.3, -0.25) is 4.99 Å². The summed E-state index contributed by atoms with van der Waals surface area (Å²) < 4.78 is 5.02. The lowest BCUT2D eigenvalue weighted by Gasteiger charge is -2.12. The molecule has 1 aliphatic carbocycles. The number of hydrogen-bond acceptors (Lipinski definition) is 3. The minimum atomic E-state index is 0. The zero-order valence-electron chi connectivity index (χ0n) is 13.6. The van der Waals surface area contributed by atoms with Crippen LogP contribution in [0.2, 0.25) is 0 Å². The normalized spacial score (nSPS) is 20.0. The molecule has 0 radical (unpaired) electrons. The summed E-state index contributed by atoms with van der Waals surface area (Å²) in [6.07, 6.45) is 1.24. The number of hydrogen-bond donors (Lipinski definition) is 3. The van der Waals surface area contributed by atoms with Gasteiger partial charge in [0.25, 0.3) is 0 Å². The van der Waals surface area contributed by atoms with Crippen molar-refractivity contribution in [1.29, 1.82) is 0 Å². The van der Waals surface area contributed by atoms with Crippen LogP contribution in [0.1, 0.15) is 18.9 Å². The number of ether oxygens (including phenoxy) is 1. The lowest BCUT2D eigenvalue weighted by atomic mass is 10.2. The molecule has 2 unspecified atom stereocenters. The number of methoxy groups -OCH3 is 1. The second kappa shape index (κ2) is 9.89. The van der Waals surface area contributed by atoms with Crippen molar-refractivity contribution in [1.82, 2.24) is 10.6 Å². The van der Waals surface area contributed by atoms with Gasteiger partial charge in [-0.2, -0.15) is 0 Å². The first kappa shape index (κ1) is 19.0. The highest BCUT2D eigenvalue weighted by molar-refractivity contribution is 14.0. The Morgan fingerprint density at radius 2 is 2.00 bits per heavy atom. The highest BCUT2D eigenvalue weighted by Gasteiger charge is 2.33. The van der Waals surface area contributed by atoms with E-state index < -0.39 is 0 Å². The number of nitrogens with zero attached hydrogens (tertiary/aromatic N) is 1. The molecule has 0 heterocycles. The van der Waals surface area contributed by atoms with Gasteiger partial charge < -0.3 is 20.7 Å². The monoisotopic (exact) mass is 418 g/mol. The van der Waals surface area contributed by atoms with Crippen molar-refractivity contribution in [2.75, 3.05) is 32.6 Å². The molecule has 0 bridgehead atoms. The predicted molar refractivity (Wildman–Crippen MR) is 103 cm³/mol. The van der Waals surface area contributed by atoms with Crippen LogP contribution in [0, 0.1) is 5.92 Å². The number of benzene rings is 1. The molecule has 2 rings (SSSR count). The Kier molecular flexibility index (Phi) is 8.55. The van der Waals surface area contributed by atoms with E-state index in [9.17, 15) is 0 Å². The number of halogens is 1. The van der Waals surface area contributed by atoms with E-state index in [-0.39, 0.29) is 24.0 Å². The lowest BCUT2D eigenvalue weighted by molar-refractivity contribution is 0.211. The Morgan fingerprint density at radius 3 is 2.55 bits per heavy atom. The molecular weight excluding hydrogens is 391 g/mol. The molecule has 3 N–H and O–H groups in total. The van der Waals surface area contributed by atoms with Gasteiger partial charge in [0.2, 0.25) is 0 Å². The zero-order chi connectivity index (χ0) is 15.1. The van der Waals surface area contributed by atoms with E-state index in [0.717, 1.165) is 30.7 Å². The Balaban J connectivity index is 0.00000242. The van der Waals surface area contributed by atoms with Crippen molar-refractivity contribution >= 4 is 35.6 Å². The summed E-state index contributed by atoms with van der Waals surface area (Å²) in [5.41, 5.74) is 2.35. The van der Waals surface area contributed by atoms with Crippen LogP contribution in [-0.4, -0.2) is 39.3 Å². The number of guanidine groups is 1. The molecule has 0 saturated heterocycles. The van der Waals surface area contributed by atoms with Crippen LogP contribution in [-0.2, 0) is 11.3 Å². The van der Waals surface area contributed by atoms with Crippen LogP contribution in [0.5, 0.6) is 0 Å². The molecule has 5 nitrogen and oxygen atoms in total. The van der Waals surface area contributed by atoms with Crippen molar-refractivity contribution in [3.05, 3.63) is 29.8 Å². The van der Waals surface area contributed by atoms with Crippen LogP contribution in [0.3, 0.4) is 0 Å². The van der Waals surface area contributed by atoms with Gasteiger partial charge in [0, 0.05) is 39.0 Å². The van der Waals surface area contributed by atoms with Crippen LogP contribution in [0.15, 0.2) is 29.3 Å². The highest BCUT2D eigenvalue weighted by atomic mass is 127. The van der Waals surface area contributed by atoms with Gasteiger partial charge in [-0.25, -0.2) is 0 Å². The molecule has 1 fully saturated rings. The van der Waals surface area contributed by atoms with Crippen molar-refractivity contribution < 1.29 is 4.74 Å². The number of aliphatic imine (C=N–C) groups is 1.